The summed E-state index contributed by atoms with van der Waals surface area (Å²) in [4.78, 5) is 12.0. The predicted octanol–water partition coefficient (Wildman–Crippen LogP) is 4.30. The van der Waals surface area contributed by atoms with E-state index in [1.807, 2.05) is 18.2 Å². The molecule has 0 aliphatic rings. The highest BCUT2D eigenvalue weighted by atomic mass is 19.3. The second-order valence-corrected chi connectivity index (χ2v) is 6.15. The lowest BCUT2D eigenvalue weighted by Gasteiger charge is -2.05. The Morgan fingerprint density at radius 1 is 1.32 bits per heavy atom. The van der Waals surface area contributed by atoms with Gasteiger partial charge in [-0.1, -0.05) is 12.1 Å². The minimum absolute atomic E-state index is 0.172. The molecule has 3 aromatic rings. The number of hydrogen-bond acceptors (Lipinski definition) is 4. The normalized spacial score (nSPS) is 11.7. The Labute approximate surface area is 160 Å². The standard InChI is InChI=1S/C20H19F2N3O3/c1-20(21,22)17-8-7-16(28-17)13-25-11-10-18(24-25)23-19(26)9-6-14-4-3-5-15(12-14)27-2/h3-12H,13H2,1-2H3,(H,23,24,26). The van der Waals surface area contributed by atoms with Gasteiger partial charge in [0.15, 0.2) is 11.6 Å². The molecule has 0 radical (unpaired) electrons. The molecule has 1 N–H and O–H groups in total. The number of alkyl halides is 2. The number of hydrogen-bond donors (Lipinski definition) is 1. The molecule has 0 fully saturated rings. The molecule has 0 saturated heterocycles. The number of nitrogens with one attached hydrogen (secondary N) is 1. The van der Waals surface area contributed by atoms with Gasteiger partial charge in [0, 0.05) is 25.3 Å². The quantitative estimate of drug-likeness (QED) is 0.614. The van der Waals surface area contributed by atoms with Crippen LogP contribution in [0, 0.1) is 0 Å². The van der Waals surface area contributed by atoms with E-state index in [1.165, 1.54) is 22.9 Å². The van der Waals surface area contributed by atoms with Crippen LogP contribution < -0.4 is 10.1 Å². The Balaban J connectivity index is 1.58. The van der Waals surface area contributed by atoms with Crippen molar-refractivity contribution in [2.24, 2.45) is 0 Å². The second kappa shape index (κ2) is 8.08. The first-order chi connectivity index (χ1) is 13.3. The summed E-state index contributed by atoms with van der Waals surface area (Å²) in [5.41, 5.74) is 0.821. The Morgan fingerprint density at radius 3 is 2.86 bits per heavy atom. The number of furan rings is 1. The van der Waals surface area contributed by atoms with Gasteiger partial charge in [-0.3, -0.25) is 9.48 Å². The summed E-state index contributed by atoms with van der Waals surface area (Å²) in [6.45, 7) is 0.946. The van der Waals surface area contributed by atoms with Gasteiger partial charge in [0.25, 0.3) is 0 Å². The van der Waals surface area contributed by atoms with E-state index in [9.17, 15) is 13.6 Å². The van der Waals surface area contributed by atoms with Crippen molar-refractivity contribution in [3.05, 3.63) is 71.8 Å². The van der Waals surface area contributed by atoms with Crippen molar-refractivity contribution in [1.82, 2.24) is 9.78 Å². The number of methoxy groups -OCH3 is 1. The summed E-state index contributed by atoms with van der Waals surface area (Å²) in [6.07, 6.45) is 4.66. The molecular formula is C20H19F2N3O3. The number of ether oxygens (including phenoxy) is 1. The molecule has 2 heterocycles. The van der Waals surface area contributed by atoms with E-state index in [-0.39, 0.29) is 12.5 Å². The van der Waals surface area contributed by atoms with Gasteiger partial charge in [-0.05, 0) is 35.9 Å². The van der Waals surface area contributed by atoms with Crippen LogP contribution in [0.1, 0.15) is 24.0 Å². The van der Waals surface area contributed by atoms with Gasteiger partial charge in [0.1, 0.15) is 11.5 Å². The largest absolute Gasteiger partial charge is 0.497 e. The van der Waals surface area contributed by atoms with E-state index in [4.69, 9.17) is 9.15 Å². The molecule has 1 aromatic carbocycles. The lowest BCUT2D eigenvalue weighted by molar-refractivity contribution is -0.111. The highest BCUT2D eigenvalue weighted by Gasteiger charge is 2.28. The van der Waals surface area contributed by atoms with E-state index in [2.05, 4.69) is 10.4 Å². The molecule has 3 rings (SSSR count). The molecular weight excluding hydrogens is 368 g/mol. The first-order valence-corrected chi connectivity index (χ1v) is 8.47. The molecule has 0 saturated carbocycles. The highest BCUT2D eigenvalue weighted by Crippen LogP contribution is 2.28. The number of aromatic nitrogens is 2. The average molecular weight is 387 g/mol. The molecule has 0 unspecified atom stereocenters. The molecule has 0 aliphatic carbocycles. The molecule has 0 atom stereocenters. The molecule has 1 amide bonds. The fraction of sp³-hybridized carbons (Fsp3) is 0.200. The smallest absolute Gasteiger partial charge is 0.301 e. The summed E-state index contributed by atoms with van der Waals surface area (Å²) >= 11 is 0. The van der Waals surface area contributed by atoms with Crippen LogP contribution in [0.2, 0.25) is 0 Å². The van der Waals surface area contributed by atoms with Crippen LogP contribution in [0.3, 0.4) is 0 Å². The van der Waals surface area contributed by atoms with Gasteiger partial charge in [-0.15, -0.1) is 0 Å². The highest BCUT2D eigenvalue weighted by molar-refractivity contribution is 6.01. The molecule has 146 valence electrons. The van der Waals surface area contributed by atoms with Crippen molar-refractivity contribution in [1.29, 1.82) is 0 Å². The summed E-state index contributed by atoms with van der Waals surface area (Å²) in [5.74, 6) is -2.40. The van der Waals surface area contributed by atoms with Crippen molar-refractivity contribution in [3.8, 4) is 5.75 Å². The molecule has 0 bridgehead atoms. The number of nitrogens with zero attached hydrogens (tertiary/aromatic N) is 2. The van der Waals surface area contributed by atoms with E-state index in [0.29, 0.717) is 17.3 Å². The average Bonchev–Trinajstić information content (AvgIpc) is 3.30. The van der Waals surface area contributed by atoms with Crippen molar-refractivity contribution in [3.63, 3.8) is 0 Å². The maximum Gasteiger partial charge on any atom is 0.301 e. The zero-order valence-corrected chi connectivity index (χ0v) is 15.4. The molecule has 6 nitrogen and oxygen atoms in total. The first kappa shape index (κ1) is 19.3. The number of anilines is 1. The third-order valence-corrected chi connectivity index (χ3v) is 3.83. The Kier molecular flexibility index (Phi) is 5.58. The summed E-state index contributed by atoms with van der Waals surface area (Å²) in [6, 6.07) is 11.6. The second-order valence-electron chi connectivity index (χ2n) is 6.15. The van der Waals surface area contributed by atoms with Crippen molar-refractivity contribution < 1.29 is 22.7 Å². The fourth-order valence-corrected chi connectivity index (χ4v) is 2.46. The van der Waals surface area contributed by atoms with Crippen LogP contribution in [0.25, 0.3) is 6.08 Å². The van der Waals surface area contributed by atoms with Crippen LogP contribution >= 0.6 is 0 Å². The first-order valence-electron chi connectivity index (χ1n) is 8.47. The van der Waals surface area contributed by atoms with Gasteiger partial charge in [-0.25, -0.2) is 0 Å². The van der Waals surface area contributed by atoms with Crippen LogP contribution in [0.15, 0.2) is 59.2 Å². The van der Waals surface area contributed by atoms with Gasteiger partial charge in [0.2, 0.25) is 5.91 Å². The zero-order chi connectivity index (χ0) is 20.1. The predicted molar refractivity (Wildman–Crippen MR) is 100 cm³/mol. The summed E-state index contributed by atoms with van der Waals surface area (Å²) < 4.78 is 38.2. The van der Waals surface area contributed by atoms with E-state index in [0.717, 1.165) is 12.5 Å². The molecule has 28 heavy (non-hydrogen) atoms. The van der Waals surface area contributed by atoms with Crippen molar-refractivity contribution >= 4 is 17.8 Å². The third-order valence-electron chi connectivity index (χ3n) is 3.83. The van der Waals surface area contributed by atoms with Crippen molar-refractivity contribution in [2.75, 3.05) is 12.4 Å². The maximum absolute atomic E-state index is 13.2. The van der Waals surface area contributed by atoms with Crippen molar-refractivity contribution in [2.45, 2.75) is 19.4 Å². The number of halogens is 2. The van der Waals surface area contributed by atoms with Crippen LogP contribution in [-0.4, -0.2) is 22.8 Å². The summed E-state index contributed by atoms with van der Waals surface area (Å²) in [5, 5.41) is 6.82. The monoisotopic (exact) mass is 387 g/mol. The summed E-state index contributed by atoms with van der Waals surface area (Å²) in [7, 11) is 1.57. The number of rotatable bonds is 7. The number of amides is 1. The van der Waals surface area contributed by atoms with Crippen LogP contribution in [-0.2, 0) is 17.3 Å². The third kappa shape index (κ3) is 5.06. The molecule has 8 heteroatoms. The zero-order valence-electron chi connectivity index (χ0n) is 15.4. The van der Waals surface area contributed by atoms with Gasteiger partial charge < -0.3 is 14.5 Å². The minimum Gasteiger partial charge on any atom is -0.497 e. The number of benzene rings is 1. The number of carbonyl (C=O) groups excluding carboxylic acids is 1. The molecule has 0 aliphatic heterocycles. The molecule has 2 aromatic heterocycles. The van der Waals surface area contributed by atoms with E-state index < -0.39 is 11.7 Å². The topological polar surface area (TPSA) is 69.3 Å². The number of carbonyl (C=O) groups is 1. The Morgan fingerprint density at radius 2 is 2.14 bits per heavy atom. The van der Waals surface area contributed by atoms with Crippen LogP contribution in [0.5, 0.6) is 5.75 Å². The Hall–Kier alpha value is -3.42. The van der Waals surface area contributed by atoms with Gasteiger partial charge >= 0.3 is 5.92 Å². The van der Waals surface area contributed by atoms with Crippen LogP contribution in [0.4, 0.5) is 14.6 Å². The maximum atomic E-state index is 13.2. The lowest BCUT2D eigenvalue weighted by atomic mass is 10.2. The van der Waals surface area contributed by atoms with E-state index >= 15 is 0 Å². The van der Waals surface area contributed by atoms with E-state index in [1.54, 1.807) is 31.5 Å². The molecule has 0 spiro atoms. The van der Waals surface area contributed by atoms with Gasteiger partial charge in [0.05, 0.1) is 13.7 Å². The van der Waals surface area contributed by atoms with Gasteiger partial charge in [-0.2, -0.15) is 13.9 Å². The Bertz CT molecular complexity index is 986. The minimum atomic E-state index is -3.03. The SMILES string of the molecule is COc1cccc(C=CC(=O)Nc2ccn(Cc3ccc(C(C)(F)F)o3)n2)c1. The lowest BCUT2D eigenvalue weighted by Crippen LogP contribution is -2.09. The fourth-order valence-electron chi connectivity index (χ4n) is 2.46.